The molecule has 0 radical (unpaired) electrons. The lowest BCUT2D eigenvalue weighted by atomic mass is 10.2. The number of nitriles is 1. The summed E-state index contributed by atoms with van der Waals surface area (Å²) in [7, 11) is 0. The van der Waals surface area contributed by atoms with E-state index < -0.39 is 0 Å². The van der Waals surface area contributed by atoms with Crippen molar-refractivity contribution in [3.8, 4) is 6.07 Å². The number of anilines is 2. The van der Waals surface area contributed by atoms with Gasteiger partial charge in [-0.25, -0.2) is 4.39 Å². The van der Waals surface area contributed by atoms with Gasteiger partial charge in [0.15, 0.2) is 0 Å². The third kappa shape index (κ3) is 2.15. The van der Waals surface area contributed by atoms with Crippen LogP contribution in [0.5, 0.6) is 0 Å². The van der Waals surface area contributed by atoms with Gasteiger partial charge in [0.1, 0.15) is 11.9 Å². The highest BCUT2D eigenvalue weighted by Gasteiger charge is 2.01. The number of halogens is 1. The highest BCUT2D eigenvalue weighted by atomic mass is 19.1. The third-order valence-electron chi connectivity index (χ3n) is 2.05. The number of benzene rings is 1. The molecule has 0 fully saturated rings. The Labute approximate surface area is 92.2 Å². The van der Waals surface area contributed by atoms with E-state index in [1.165, 1.54) is 24.5 Å². The quantitative estimate of drug-likeness (QED) is 0.834. The van der Waals surface area contributed by atoms with E-state index in [0.717, 1.165) is 0 Å². The van der Waals surface area contributed by atoms with Crippen molar-refractivity contribution in [3.05, 3.63) is 54.1 Å². The van der Waals surface area contributed by atoms with Gasteiger partial charge in [0, 0.05) is 11.9 Å². The SMILES string of the molecule is N#Cc1ccncc1Nc1cccc(F)c1. The Balaban J connectivity index is 2.31. The van der Waals surface area contributed by atoms with E-state index in [4.69, 9.17) is 5.26 Å². The van der Waals surface area contributed by atoms with Crippen LogP contribution < -0.4 is 5.32 Å². The van der Waals surface area contributed by atoms with Crippen molar-refractivity contribution in [2.24, 2.45) is 0 Å². The zero-order valence-electron chi connectivity index (χ0n) is 8.31. The van der Waals surface area contributed by atoms with Gasteiger partial charge in [0.05, 0.1) is 17.4 Å². The highest BCUT2D eigenvalue weighted by Crippen LogP contribution is 2.19. The van der Waals surface area contributed by atoms with Gasteiger partial charge in [-0.05, 0) is 24.3 Å². The predicted octanol–water partition coefficient (Wildman–Crippen LogP) is 2.84. The molecule has 1 aromatic heterocycles. The molecular formula is C12H8FN3. The van der Waals surface area contributed by atoms with Gasteiger partial charge in [-0.1, -0.05) is 6.07 Å². The zero-order chi connectivity index (χ0) is 11.4. The first-order chi connectivity index (χ1) is 7.79. The van der Waals surface area contributed by atoms with E-state index in [-0.39, 0.29) is 5.82 Å². The van der Waals surface area contributed by atoms with Crippen LogP contribution in [0.3, 0.4) is 0 Å². The Kier molecular flexibility index (Phi) is 2.79. The number of hydrogen-bond acceptors (Lipinski definition) is 3. The van der Waals surface area contributed by atoms with Gasteiger partial charge < -0.3 is 5.32 Å². The summed E-state index contributed by atoms with van der Waals surface area (Å²) in [6.07, 6.45) is 3.07. The molecule has 1 aromatic carbocycles. The lowest BCUT2D eigenvalue weighted by Gasteiger charge is -2.06. The van der Waals surface area contributed by atoms with Crippen molar-refractivity contribution in [1.82, 2.24) is 4.98 Å². The molecule has 0 atom stereocenters. The molecule has 2 aromatic rings. The molecule has 2 rings (SSSR count). The Morgan fingerprint density at radius 3 is 2.94 bits per heavy atom. The minimum atomic E-state index is -0.326. The van der Waals surface area contributed by atoms with E-state index in [1.807, 2.05) is 6.07 Å². The van der Waals surface area contributed by atoms with Crippen LogP contribution in [-0.2, 0) is 0 Å². The summed E-state index contributed by atoms with van der Waals surface area (Å²) in [6, 6.07) is 9.67. The molecule has 0 bridgehead atoms. The second kappa shape index (κ2) is 4.41. The van der Waals surface area contributed by atoms with Crippen LogP contribution in [0.2, 0.25) is 0 Å². The normalized spacial score (nSPS) is 9.50. The molecule has 0 aliphatic heterocycles. The Morgan fingerprint density at radius 2 is 2.19 bits per heavy atom. The predicted molar refractivity (Wildman–Crippen MR) is 58.6 cm³/mol. The Hall–Kier alpha value is -2.41. The molecule has 0 aliphatic carbocycles. The summed E-state index contributed by atoms with van der Waals surface area (Å²) in [5.74, 6) is -0.326. The van der Waals surface area contributed by atoms with Crippen LogP contribution >= 0.6 is 0 Å². The van der Waals surface area contributed by atoms with Crippen molar-refractivity contribution in [1.29, 1.82) is 5.26 Å². The van der Waals surface area contributed by atoms with Crippen LogP contribution in [0.4, 0.5) is 15.8 Å². The fraction of sp³-hybridized carbons (Fsp3) is 0. The van der Waals surface area contributed by atoms with Crippen molar-refractivity contribution >= 4 is 11.4 Å². The second-order valence-electron chi connectivity index (χ2n) is 3.17. The zero-order valence-corrected chi connectivity index (χ0v) is 8.31. The van der Waals surface area contributed by atoms with E-state index in [1.54, 1.807) is 18.2 Å². The third-order valence-corrected chi connectivity index (χ3v) is 2.05. The van der Waals surface area contributed by atoms with Gasteiger partial charge in [0.2, 0.25) is 0 Å². The number of aromatic nitrogens is 1. The molecule has 78 valence electrons. The van der Waals surface area contributed by atoms with Crippen LogP contribution in [0, 0.1) is 17.1 Å². The fourth-order valence-corrected chi connectivity index (χ4v) is 1.31. The number of hydrogen-bond donors (Lipinski definition) is 1. The Bertz CT molecular complexity index is 546. The van der Waals surface area contributed by atoms with E-state index in [0.29, 0.717) is 16.9 Å². The average molecular weight is 213 g/mol. The maximum atomic E-state index is 12.9. The lowest BCUT2D eigenvalue weighted by Crippen LogP contribution is -1.94. The van der Waals surface area contributed by atoms with Gasteiger partial charge >= 0.3 is 0 Å². The molecule has 0 saturated heterocycles. The molecule has 1 heterocycles. The summed E-state index contributed by atoms with van der Waals surface area (Å²) < 4.78 is 12.9. The second-order valence-corrected chi connectivity index (χ2v) is 3.17. The summed E-state index contributed by atoms with van der Waals surface area (Å²) in [6.45, 7) is 0. The van der Waals surface area contributed by atoms with Crippen LogP contribution in [0.15, 0.2) is 42.7 Å². The van der Waals surface area contributed by atoms with Gasteiger partial charge in [-0.3, -0.25) is 4.98 Å². The minimum absolute atomic E-state index is 0.326. The molecule has 0 saturated carbocycles. The van der Waals surface area contributed by atoms with Gasteiger partial charge in [0.25, 0.3) is 0 Å². The molecule has 0 aliphatic rings. The fourth-order valence-electron chi connectivity index (χ4n) is 1.31. The first-order valence-electron chi connectivity index (χ1n) is 4.66. The van der Waals surface area contributed by atoms with E-state index >= 15 is 0 Å². The first-order valence-corrected chi connectivity index (χ1v) is 4.66. The molecule has 1 N–H and O–H groups in total. The van der Waals surface area contributed by atoms with Crippen LogP contribution in [0.1, 0.15) is 5.56 Å². The molecule has 3 nitrogen and oxygen atoms in total. The van der Waals surface area contributed by atoms with E-state index in [2.05, 4.69) is 10.3 Å². The smallest absolute Gasteiger partial charge is 0.125 e. The Morgan fingerprint density at radius 1 is 1.31 bits per heavy atom. The summed E-state index contributed by atoms with van der Waals surface area (Å²) >= 11 is 0. The number of pyridine rings is 1. The van der Waals surface area contributed by atoms with Gasteiger partial charge in [-0.15, -0.1) is 0 Å². The molecule has 0 amide bonds. The summed E-state index contributed by atoms with van der Waals surface area (Å²) in [5, 5.41) is 11.8. The minimum Gasteiger partial charge on any atom is -0.353 e. The van der Waals surface area contributed by atoms with Crippen LogP contribution in [0.25, 0.3) is 0 Å². The molecule has 0 unspecified atom stereocenters. The maximum Gasteiger partial charge on any atom is 0.125 e. The lowest BCUT2D eigenvalue weighted by molar-refractivity contribution is 0.628. The molecule has 0 spiro atoms. The first kappa shape index (κ1) is 10.1. The average Bonchev–Trinajstić information content (AvgIpc) is 2.30. The van der Waals surface area contributed by atoms with Crippen LogP contribution in [-0.4, -0.2) is 4.98 Å². The highest BCUT2D eigenvalue weighted by molar-refractivity contribution is 5.65. The molecular weight excluding hydrogens is 205 g/mol. The van der Waals surface area contributed by atoms with Crippen molar-refractivity contribution in [2.45, 2.75) is 0 Å². The topological polar surface area (TPSA) is 48.7 Å². The van der Waals surface area contributed by atoms with Crippen molar-refractivity contribution in [2.75, 3.05) is 5.32 Å². The number of nitrogens with zero attached hydrogens (tertiary/aromatic N) is 2. The van der Waals surface area contributed by atoms with Crippen molar-refractivity contribution < 1.29 is 4.39 Å². The molecule has 4 heteroatoms. The molecule has 16 heavy (non-hydrogen) atoms. The largest absolute Gasteiger partial charge is 0.353 e. The summed E-state index contributed by atoms with van der Waals surface area (Å²) in [5.41, 5.74) is 1.62. The maximum absolute atomic E-state index is 12.9. The standard InChI is InChI=1S/C12H8FN3/c13-10-2-1-3-11(6-10)16-12-8-15-5-4-9(12)7-14/h1-6,8,16H. The summed E-state index contributed by atoms with van der Waals surface area (Å²) in [4.78, 5) is 3.90. The monoisotopic (exact) mass is 213 g/mol. The number of rotatable bonds is 2. The number of nitrogens with one attached hydrogen (secondary N) is 1. The van der Waals surface area contributed by atoms with E-state index in [9.17, 15) is 4.39 Å². The van der Waals surface area contributed by atoms with Gasteiger partial charge in [-0.2, -0.15) is 5.26 Å². The van der Waals surface area contributed by atoms with Crippen molar-refractivity contribution in [3.63, 3.8) is 0 Å².